The second kappa shape index (κ2) is 8.02. The van der Waals surface area contributed by atoms with Crippen molar-refractivity contribution in [1.82, 2.24) is 0 Å². The van der Waals surface area contributed by atoms with Crippen molar-refractivity contribution in [3.8, 4) is 0 Å². The lowest BCUT2D eigenvalue weighted by molar-refractivity contribution is -0.117. The number of nitrogens with one attached hydrogen (secondary N) is 1. The number of allylic oxidation sites excluding steroid dienone is 4. The minimum Gasteiger partial charge on any atom is -0.326 e. The molecule has 3 heteroatoms. The van der Waals surface area contributed by atoms with E-state index >= 15 is 0 Å². The fourth-order valence-electron chi connectivity index (χ4n) is 3.82. The molecule has 24 heavy (non-hydrogen) atoms. The van der Waals surface area contributed by atoms with Gasteiger partial charge in [-0.05, 0) is 75.0 Å². The Kier molecular flexibility index (Phi) is 5.78. The molecule has 3 rings (SSSR count). The number of carbonyl (C=O) groups is 1. The lowest BCUT2D eigenvalue weighted by Crippen LogP contribution is -2.16. The molecular formula is C21H26ClNO. The molecule has 0 heterocycles. The molecule has 1 N–H and O–H groups in total. The zero-order chi connectivity index (χ0) is 16.9. The van der Waals surface area contributed by atoms with Crippen molar-refractivity contribution < 1.29 is 4.79 Å². The highest BCUT2D eigenvalue weighted by Gasteiger charge is 2.52. The van der Waals surface area contributed by atoms with Gasteiger partial charge in [-0.1, -0.05) is 42.0 Å². The maximum Gasteiger partial charge on any atom is 0.228 e. The number of anilines is 1. The number of halogens is 1. The van der Waals surface area contributed by atoms with Crippen molar-refractivity contribution in [2.45, 2.75) is 45.4 Å². The van der Waals surface area contributed by atoms with E-state index in [-0.39, 0.29) is 11.8 Å². The Bertz CT molecular complexity index is 625. The minimum atomic E-state index is 0.158. The van der Waals surface area contributed by atoms with Gasteiger partial charge in [-0.15, -0.1) is 0 Å². The summed E-state index contributed by atoms with van der Waals surface area (Å²) in [5.41, 5.74) is 1.78. The second-order valence-corrected chi connectivity index (χ2v) is 7.34. The van der Waals surface area contributed by atoms with Crippen molar-refractivity contribution in [3.05, 3.63) is 53.1 Å². The van der Waals surface area contributed by atoms with Gasteiger partial charge >= 0.3 is 0 Å². The van der Waals surface area contributed by atoms with E-state index in [9.17, 15) is 4.79 Å². The third kappa shape index (κ3) is 4.10. The van der Waals surface area contributed by atoms with Crippen LogP contribution >= 0.6 is 11.6 Å². The first-order valence-electron chi connectivity index (χ1n) is 9.04. The molecule has 2 unspecified atom stereocenters. The molecule has 2 aliphatic carbocycles. The van der Waals surface area contributed by atoms with E-state index in [0.717, 1.165) is 49.8 Å². The zero-order valence-electron chi connectivity index (χ0n) is 14.3. The predicted octanol–water partition coefficient (Wildman–Crippen LogP) is 5.92. The van der Waals surface area contributed by atoms with Crippen LogP contribution in [0.25, 0.3) is 0 Å². The molecule has 1 saturated carbocycles. The van der Waals surface area contributed by atoms with Crippen LogP contribution in [0.2, 0.25) is 5.02 Å². The molecule has 1 aromatic carbocycles. The monoisotopic (exact) mass is 343 g/mol. The summed E-state index contributed by atoms with van der Waals surface area (Å²) in [6.45, 7) is 1.95. The van der Waals surface area contributed by atoms with Crippen molar-refractivity contribution in [2.75, 3.05) is 5.32 Å². The first-order chi connectivity index (χ1) is 11.7. The molecule has 1 fully saturated rings. The Morgan fingerprint density at radius 1 is 1.00 bits per heavy atom. The topological polar surface area (TPSA) is 29.1 Å². The summed E-state index contributed by atoms with van der Waals surface area (Å²) in [6, 6.07) is 5.67. The highest BCUT2D eigenvalue weighted by Crippen LogP contribution is 2.52. The average Bonchev–Trinajstić information content (AvgIpc) is 3.24. The fraction of sp³-hybridized carbons (Fsp3) is 0.476. The summed E-state index contributed by atoms with van der Waals surface area (Å²) >= 11 is 6.16. The fourth-order valence-corrected chi connectivity index (χ4v) is 4.00. The third-order valence-corrected chi connectivity index (χ3v) is 5.74. The maximum absolute atomic E-state index is 12.7. The Morgan fingerprint density at radius 3 is 2.21 bits per heavy atom. The van der Waals surface area contributed by atoms with Gasteiger partial charge in [0, 0.05) is 16.6 Å². The van der Waals surface area contributed by atoms with E-state index < -0.39 is 0 Å². The summed E-state index contributed by atoms with van der Waals surface area (Å²) in [6.07, 6.45) is 15.8. The van der Waals surface area contributed by atoms with Crippen LogP contribution in [0.3, 0.4) is 0 Å². The Balaban J connectivity index is 1.65. The van der Waals surface area contributed by atoms with Gasteiger partial charge in [0.25, 0.3) is 0 Å². The van der Waals surface area contributed by atoms with E-state index in [1.54, 1.807) is 0 Å². The number of carbonyl (C=O) groups excluding carboxylic acids is 1. The minimum absolute atomic E-state index is 0.158. The van der Waals surface area contributed by atoms with Crippen molar-refractivity contribution >= 4 is 23.2 Å². The van der Waals surface area contributed by atoms with Crippen LogP contribution in [0.5, 0.6) is 0 Å². The molecule has 128 valence electrons. The summed E-state index contributed by atoms with van der Waals surface area (Å²) in [5.74, 6) is 1.38. The smallest absolute Gasteiger partial charge is 0.228 e. The van der Waals surface area contributed by atoms with Gasteiger partial charge in [0.2, 0.25) is 5.91 Å². The number of hydrogen-bond acceptors (Lipinski definition) is 1. The van der Waals surface area contributed by atoms with E-state index in [4.69, 9.17) is 11.6 Å². The van der Waals surface area contributed by atoms with E-state index in [0.29, 0.717) is 16.9 Å². The molecule has 0 saturated heterocycles. The van der Waals surface area contributed by atoms with Crippen molar-refractivity contribution in [3.63, 3.8) is 0 Å². The van der Waals surface area contributed by atoms with Crippen molar-refractivity contribution in [1.29, 1.82) is 0 Å². The van der Waals surface area contributed by atoms with Crippen LogP contribution in [-0.2, 0) is 4.79 Å². The summed E-state index contributed by atoms with van der Waals surface area (Å²) in [4.78, 5) is 12.7. The van der Waals surface area contributed by atoms with Crippen LogP contribution in [0.4, 0.5) is 5.69 Å². The highest BCUT2D eigenvalue weighted by atomic mass is 35.5. The van der Waals surface area contributed by atoms with Crippen LogP contribution in [-0.4, -0.2) is 5.91 Å². The van der Waals surface area contributed by atoms with Crippen LogP contribution in [0.15, 0.2) is 42.5 Å². The third-order valence-electron chi connectivity index (χ3n) is 5.33. The lowest BCUT2D eigenvalue weighted by atomic mass is 10.1. The first kappa shape index (κ1) is 17.3. The quantitative estimate of drug-likeness (QED) is 0.664. The summed E-state index contributed by atoms with van der Waals surface area (Å²) in [5, 5.41) is 3.81. The molecule has 0 radical (unpaired) electrons. The maximum atomic E-state index is 12.7. The van der Waals surface area contributed by atoms with Gasteiger partial charge in [0.1, 0.15) is 0 Å². The second-order valence-electron chi connectivity index (χ2n) is 6.93. The molecule has 2 nitrogen and oxygen atoms in total. The number of hydrogen-bond donors (Lipinski definition) is 1. The molecular weight excluding hydrogens is 318 g/mol. The standard InChI is InChI=1S/C21H26ClNO/c1-15-18(22)13-10-14-19(15)23-21(24)20-16-11-8-6-4-2-3-5-7-9-12-17(16)20/h4-7,10,13-14,16-17,20H,2-3,8-9,11-12H2,1H3,(H,23,24)/b6-4-,7-5-. The number of fused-ring (bicyclic) bond motifs is 1. The predicted molar refractivity (Wildman–Crippen MR) is 101 cm³/mol. The normalized spacial score (nSPS) is 29.5. The first-order valence-corrected chi connectivity index (χ1v) is 9.42. The van der Waals surface area contributed by atoms with Gasteiger partial charge in [-0.3, -0.25) is 4.79 Å². The van der Waals surface area contributed by atoms with Crippen LogP contribution in [0, 0.1) is 24.7 Å². The SMILES string of the molecule is Cc1c(Cl)cccc1NC(=O)C1C2CC/C=C\CC/C=C\CCC21. The van der Waals surface area contributed by atoms with Crippen LogP contribution < -0.4 is 5.32 Å². The molecule has 0 bridgehead atoms. The molecule has 1 aromatic rings. The van der Waals surface area contributed by atoms with E-state index in [1.165, 1.54) is 0 Å². The number of amides is 1. The Labute approximate surface area is 150 Å². The molecule has 1 amide bonds. The van der Waals surface area contributed by atoms with Crippen LogP contribution in [0.1, 0.15) is 44.1 Å². The van der Waals surface area contributed by atoms with Gasteiger partial charge in [0.15, 0.2) is 0 Å². The highest BCUT2D eigenvalue weighted by molar-refractivity contribution is 6.31. The van der Waals surface area contributed by atoms with Gasteiger partial charge in [0.05, 0.1) is 0 Å². The van der Waals surface area contributed by atoms with E-state index in [1.807, 2.05) is 25.1 Å². The van der Waals surface area contributed by atoms with E-state index in [2.05, 4.69) is 29.6 Å². The Morgan fingerprint density at radius 2 is 1.58 bits per heavy atom. The van der Waals surface area contributed by atoms with Gasteiger partial charge in [-0.25, -0.2) is 0 Å². The summed E-state index contributed by atoms with van der Waals surface area (Å²) < 4.78 is 0. The molecule has 0 spiro atoms. The summed E-state index contributed by atoms with van der Waals surface area (Å²) in [7, 11) is 0. The number of rotatable bonds is 2. The zero-order valence-corrected chi connectivity index (χ0v) is 15.1. The van der Waals surface area contributed by atoms with Crippen molar-refractivity contribution in [2.24, 2.45) is 17.8 Å². The Hall–Kier alpha value is -1.54. The molecule has 2 atom stereocenters. The average molecular weight is 344 g/mol. The van der Waals surface area contributed by atoms with Gasteiger partial charge in [-0.2, -0.15) is 0 Å². The van der Waals surface area contributed by atoms with Gasteiger partial charge < -0.3 is 5.32 Å². The molecule has 0 aliphatic heterocycles. The molecule has 0 aromatic heterocycles. The number of benzene rings is 1. The largest absolute Gasteiger partial charge is 0.326 e. The molecule has 2 aliphatic rings. The lowest BCUT2D eigenvalue weighted by Gasteiger charge is -2.09.